The molecule has 2 aromatic rings. The molecule has 0 aliphatic heterocycles. The van der Waals surface area contributed by atoms with Gasteiger partial charge in [-0.1, -0.05) is 0 Å². The maximum atomic E-state index is 12.1. The first-order valence-corrected chi connectivity index (χ1v) is 6.24. The second-order valence-corrected chi connectivity index (χ2v) is 4.64. The van der Waals surface area contributed by atoms with E-state index < -0.39 is 0 Å². The quantitative estimate of drug-likeness (QED) is 0.778. The zero-order chi connectivity index (χ0) is 13.0. The Labute approximate surface area is 109 Å². The molecule has 18 heavy (non-hydrogen) atoms. The van der Waals surface area contributed by atoms with E-state index in [1.807, 2.05) is 0 Å². The van der Waals surface area contributed by atoms with Crippen molar-refractivity contribution in [3.8, 4) is 11.5 Å². The second-order valence-electron chi connectivity index (χ2n) is 3.67. The molecule has 0 spiro atoms. The lowest BCUT2D eigenvalue weighted by atomic mass is 10.1. The topological polar surface area (TPSA) is 48.4 Å². The third-order valence-corrected chi connectivity index (χ3v) is 3.27. The summed E-state index contributed by atoms with van der Waals surface area (Å²) in [5.74, 6) is 1.25. The van der Waals surface area contributed by atoms with Gasteiger partial charge in [-0.25, -0.2) is 0 Å². The number of carbonyl (C=O) groups excluding carboxylic acids is 1. The van der Waals surface area contributed by atoms with Crippen molar-refractivity contribution in [3.05, 3.63) is 40.3 Å². The van der Waals surface area contributed by atoms with Gasteiger partial charge in [0.15, 0.2) is 5.78 Å². The highest BCUT2D eigenvalue weighted by molar-refractivity contribution is 7.09. The number of nitrogens with zero attached hydrogens (tertiary/aromatic N) is 1. The van der Waals surface area contributed by atoms with E-state index in [9.17, 15) is 4.79 Å². The summed E-state index contributed by atoms with van der Waals surface area (Å²) in [6.07, 6.45) is 2.06. The van der Waals surface area contributed by atoms with Crippen molar-refractivity contribution < 1.29 is 14.3 Å². The third kappa shape index (κ3) is 2.87. The first-order chi connectivity index (χ1) is 8.72. The van der Waals surface area contributed by atoms with Crippen LogP contribution in [-0.4, -0.2) is 25.0 Å². The summed E-state index contributed by atoms with van der Waals surface area (Å²) in [7, 11) is 3.12. The Balaban J connectivity index is 2.23. The molecule has 0 saturated heterocycles. The number of hydrogen-bond donors (Lipinski definition) is 0. The fourth-order valence-electron chi connectivity index (χ4n) is 1.56. The minimum absolute atomic E-state index is 0.0245. The van der Waals surface area contributed by atoms with Gasteiger partial charge in [-0.2, -0.15) is 0 Å². The van der Waals surface area contributed by atoms with Crippen LogP contribution in [-0.2, 0) is 6.42 Å². The van der Waals surface area contributed by atoms with Gasteiger partial charge >= 0.3 is 0 Å². The van der Waals surface area contributed by atoms with Gasteiger partial charge in [-0.05, 0) is 12.1 Å². The highest BCUT2D eigenvalue weighted by atomic mass is 32.1. The highest BCUT2D eigenvalue weighted by Gasteiger charge is 2.11. The largest absolute Gasteiger partial charge is 0.497 e. The number of thiazole rings is 1. The molecule has 1 aromatic carbocycles. The zero-order valence-electron chi connectivity index (χ0n) is 10.2. The summed E-state index contributed by atoms with van der Waals surface area (Å²) >= 11 is 1.47. The molecule has 0 atom stereocenters. The standard InChI is InChI=1S/C13H13NO3S/c1-16-10-3-9(4-11(5-10)17-2)13(15)6-12-7-14-8-18-12/h3-5,7-8H,6H2,1-2H3. The van der Waals surface area contributed by atoms with Crippen molar-refractivity contribution in [2.75, 3.05) is 14.2 Å². The van der Waals surface area contributed by atoms with Gasteiger partial charge in [-0.3, -0.25) is 9.78 Å². The number of methoxy groups -OCH3 is 2. The maximum Gasteiger partial charge on any atom is 0.168 e. The van der Waals surface area contributed by atoms with Gasteiger partial charge in [0.1, 0.15) is 11.5 Å². The number of ether oxygens (including phenoxy) is 2. The summed E-state index contributed by atoms with van der Waals surface area (Å²) in [5.41, 5.74) is 2.30. The van der Waals surface area contributed by atoms with Crippen molar-refractivity contribution in [2.24, 2.45) is 0 Å². The van der Waals surface area contributed by atoms with Gasteiger partial charge in [-0.15, -0.1) is 11.3 Å². The van der Waals surface area contributed by atoms with Gasteiger partial charge in [0.05, 0.1) is 19.7 Å². The Morgan fingerprint density at radius 1 is 1.22 bits per heavy atom. The lowest BCUT2D eigenvalue weighted by Gasteiger charge is -2.07. The van der Waals surface area contributed by atoms with E-state index in [1.165, 1.54) is 11.3 Å². The smallest absolute Gasteiger partial charge is 0.168 e. The Kier molecular flexibility index (Phi) is 3.94. The van der Waals surface area contributed by atoms with Crippen LogP contribution >= 0.6 is 11.3 Å². The highest BCUT2D eigenvalue weighted by Crippen LogP contribution is 2.23. The van der Waals surface area contributed by atoms with Gasteiger partial charge < -0.3 is 9.47 Å². The molecular formula is C13H13NO3S. The third-order valence-electron chi connectivity index (χ3n) is 2.49. The van der Waals surface area contributed by atoms with Crippen LogP contribution in [0, 0.1) is 0 Å². The predicted octanol–water partition coefficient (Wildman–Crippen LogP) is 2.59. The average molecular weight is 263 g/mol. The van der Waals surface area contributed by atoms with Gasteiger partial charge in [0.2, 0.25) is 0 Å². The normalized spacial score (nSPS) is 10.1. The Morgan fingerprint density at radius 2 is 1.89 bits per heavy atom. The molecule has 0 aliphatic carbocycles. The number of Topliss-reactive ketones (excluding diaryl/α,β-unsaturated/α-hetero) is 1. The van der Waals surface area contributed by atoms with E-state index in [0.717, 1.165) is 4.88 Å². The number of hydrogen-bond acceptors (Lipinski definition) is 5. The lowest BCUT2D eigenvalue weighted by molar-refractivity contribution is 0.0993. The number of rotatable bonds is 5. The van der Waals surface area contributed by atoms with E-state index in [0.29, 0.717) is 23.5 Å². The van der Waals surface area contributed by atoms with Crippen LogP contribution in [0.5, 0.6) is 11.5 Å². The van der Waals surface area contributed by atoms with Gasteiger partial charge in [0.25, 0.3) is 0 Å². The lowest BCUT2D eigenvalue weighted by Crippen LogP contribution is -2.03. The van der Waals surface area contributed by atoms with Crippen molar-refractivity contribution in [1.82, 2.24) is 4.98 Å². The van der Waals surface area contributed by atoms with Crippen LogP contribution in [0.25, 0.3) is 0 Å². The number of ketones is 1. The fraction of sp³-hybridized carbons (Fsp3) is 0.231. The first kappa shape index (κ1) is 12.6. The molecule has 94 valence electrons. The molecule has 0 unspecified atom stereocenters. The summed E-state index contributed by atoms with van der Waals surface area (Å²) in [4.78, 5) is 17.0. The Hall–Kier alpha value is -1.88. The molecule has 1 heterocycles. The molecule has 1 aromatic heterocycles. The van der Waals surface area contributed by atoms with Crippen molar-refractivity contribution in [3.63, 3.8) is 0 Å². The maximum absolute atomic E-state index is 12.1. The van der Waals surface area contributed by atoms with Crippen LogP contribution < -0.4 is 9.47 Å². The number of carbonyl (C=O) groups is 1. The van der Waals surface area contributed by atoms with Crippen molar-refractivity contribution in [2.45, 2.75) is 6.42 Å². The fourth-order valence-corrected chi connectivity index (χ4v) is 2.15. The van der Waals surface area contributed by atoms with Crippen LogP contribution in [0.3, 0.4) is 0 Å². The number of aromatic nitrogens is 1. The minimum Gasteiger partial charge on any atom is -0.497 e. The number of benzene rings is 1. The molecule has 0 saturated carbocycles. The summed E-state index contributed by atoms with van der Waals surface area (Å²) in [5, 5.41) is 0. The van der Waals surface area contributed by atoms with Crippen LogP contribution in [0.1, 0.15) is 15.2 Å². The molecule has 2 rings (SSSR count). The average Bonchev–Trinajstić information content (AvgIpc) is 2.90. The molecule has 0 radical (unpaired) electrons. The summed E-state index contributed by atoms with van der Waals surface area (Å²) < 4.78 is 10.3. The van der Waals surface area contributed by atoms with Crippen LogP contribution in [0.15, 0.2) is 29.9 Å². The Morgan fingerprint density at radius 3 is 2.39 bits per heavy atom. The summed E-state index contributed by atoms with van der Waals surface area (Å²) in [6.45, 7) is 0. The second kappa shape index (κ2) is 5.64. The zero-order valence-corrected chi connectivity index (χ0v) is 11.0. The SMILES string of the molecule is COc1cc(OC)cc(C(=O)Cc2cncs2)c1. The predicted molar refractivity (Wildman–Crippen MR) is 69.7 cm³/mol. The van der Waals surface area contributed by atoms with E-state index >= 15 is 0 Å². The van der Waals surface area contributed by atoms with Crippen LogP contribution in [0.2, 0.25) is 0 Å². The van der Waals surface area contributed by atoms with E-state index in [1.54, 1.807) is 44.1 Å². The summed E-state index contributed by atoms with van der Waals surface area (Å²) in [6, 6.07) is 5.17. The molecule has 0 aliphatic rings. The van der Waals surface area contributed by atoms with Crippen LogP contribution in [0.4, 0.5) is 0 Å². The molecule has 5 heteroatoms. The first-order valence-electron chi connectivity index (χ1n) is 5.36. The molecule has 0 N–H and O–H groups in total. The monoisotopic (exact) mass is 263 g/mol. The van der Waals surface area contributed by atoms with Crippen molar-refractivity contribution in [1.29, 1.82) is 0 Å². The molecule has 0 bridgehead atoms. The minimum atomic E-state index is 0.0245. The molecular weight excluding hydrogens is 250 g/mol. The Bertz CT molecular complexity index is 515. The molecule has 0 amide bonds. The van der Waals surface area contributed by atoms with Crippen molar-refractivity contribution >= 4 is 17.1 Å². The van der Waals surface area contributed by atoms with E-state index in [-0.39, 0.29) is 5.78 Å². The van der Waals surface area contributed by atoms with E-state index in [4.69, 9.17) is 9.47 Å². The van der Waals surface area contributed by atoms with Gasteiger partial charge in [0, 0.05) is 29.1 Å². The molecule has 4 nitrogen and oxygen atoms in total. The molecule has 0 fully saturated rings. The van der Waals surface area contributed by atoms with E-state index in [2.05, 4.69) is 4.98 Å².